The van der Waals surface area contributed by atoms with Crippen LogP contribution in [-0.2, 0) is 0 Å². The van der Waals surface area contributed by atoms with Gasteiger partial charge in [-0.1, -0.05) is 37.8 Å². The fourth-order valence-electron chi connectivity index (χ4n) is 5.73. The summed E-state index contributed by atoms with van der Waals surface area (Å²) in [5.74, 6) is 1.89. The summed E-state index contributed by atoms with van der Waals surface area (Å²) in [6.07, 6.45) is 10.5. The summed E-state index contributed by atoms with van der Waals surface area (Å²) >= 11 is 0. The molecule has 0 unspecified atom stereocenters. The van der Waals surface area contributed by atoms with Crippen molar-refractivity contribution in [2.24, 2.45) is 0 Å². The van der Waals surface area contributed by atoms with Gasteiger partial charge in [-0.2, -0.15) is 0 Å². The van der Waals surface area contributed by atoms with Gasteiger partial charge in [-0.15, -0.1) is 5.10 Å². The first-order valence-electron chi connectivity index (χ1n) is 11.7. The Morgan fingerprint density at radius 1 is 0.867 bits per heavy atom. The molecule has 5 rings (SSSR count). The summed E-state index contributed by atoms with van der Waals surface area (Å²) < 4.78 is 7.53. The van der Waals surface area contributed by atoms with Crippen LogP contribution in [0, 0.1) is 0 Å². The number of aromatic nitrogens is 4. The predicted molar refractivity (Wildman–Crippen MR) is 116 cm³/mol. The van der Waals surface area contributed by atoms with Gasteiger partial charge in [-0.3, -0.25) is 9.80 Å². The van der Waals surface area contributed by atoms with Crippen LogP contribution in [-0.4, -0.2) is 69.3 Å². The minimum absolute atomic E-state index is 0.0947. The summed E-state index contributed by atoms with van der Waals surface area (Å²) in [6.45, 7) is 4.40. The number of hydrogen-bond donors (Lipinski definition) is 0. The first-order chi connectivity index (χ1) is 14.8. The van der Waals surface area contributed by atoms with Gasteiger partial charge in [0.2, 0.25) is 0 Å². The fourth-order valence-corrected chi connectivity index (χ4v) is 5.73. The molecule has 2 heterocycles. The van der Waals surface area contributed by atoms with E-state index in [4.69, 9.17) is 4.74 Å². The van der Waals surface area contributed by atoms with Crippen molar-refractivity contribution in [3.05, 3.63) is 35.7 Å². The van der Waals surface area contributed by atoms with Gasteiger partial charge in [0.15, 0.2) is 5.82 Å². The molecule has 7 heteroatoms. The van der Waals surface area contributed by atoms with E-state index < -0.39 is 0 Å². The highest BCUT2D eigenvalue weighted by atomic mass is 16.5. The van der Waals surface area contributed by atoms with Crippen molar-refractivity contribution in [1.29, 1.82) is 0 Å². The Hall–Kier alpha value is -1.99. The van der Waals surface area contributed by atoms with Crippen LogP contribution >= 0.6 is 0 Å². The second-order valence-corrected chi connectivity index (χ2v) is 9.11. The molecule has 1 aromatic heterocycles. The molecule has 3 fully saturated rings. The average Bonchev–Trinajstić information content (AvgIpc) is 3.57. The third kappa shape index (κ3) is 3.97. The number of tetrazole rings is 1. The molecular weight excluding hydrogens is 376 g/mol. The molecule has 1 atom stereocenters. The van der Waals surface area contributed by atoms with E-state index in [2.05, 4.69) is 54.3 Å². The molecule has 1 saturated heterocycles. The lowest BCUT2D eigenvalue weighted by Crippen LogP contribution is -2.51. The van der Waals surface area contributed by atoms with Gasteiger partial charge in [-0.25, -0.2) is 4.68 Å². The van der Waals surface area contributed by atoms with Crippen LogP contribution in [0.5, 0.6) is 5.75 Å². The number of hydrogen-bond acceptors (Lipinski definition) is 6. The average molecular weight is 411 g/mol. The maximum Gasteiger partial charge on any atom is 0.173 e. The van der Waals surface area contributed by atoms with Crippen LogP contribution < -0.4 is 4.74 Å². The molecule has 2 aromatic rings. The van der Waals surface area contributed by atoms with Gasteiger partial charge >= 0.3 is 0 Å². The third-order valence-electron chi connectivity index (χ3n) is 7.42. The Morgan fingerprint density at radius 3 is 2.13 bits per heavy atom. The van der Waals surface area contributed by atoms with Crippen molar-refractivity contribution in [2.45, 2.75) is 69.5 Å². The standard InChI is InChI=1S/C23H34N6O/c1-30-21-12-10-18(11-13-21)22(23-24-25-26-29(23)20-8-4-5-9-20)28-16-14-27(15-17-28)19-6-2-3-7-19/h10-13,19-20,22H,2-9,14-17H2,1H3/t22-/m0/s1. The van der Waals surface area contributed by atoms with Gasteiger partial charge in [0, 0.05) is 32.2 Å². The first kappa shape index (κ1) is 19.9. The zero-order valence-electron chi connectivity index (χ0n) is 18.1. The van der Waals surface area contributed by atoms with E-state index in [9.17, 15) is 0 Å². The van der Waals surface area contributed by atoms with Crippen molar-refractivity contribution < 1.29 is 4.74 Å². The van der Waals surface area contributed by atoms with Crippen molar-refractivity contribution in [3.8, 4) is 5.75 Å². The lowest BCUT2D eigenvalue weighted by atomic mass is 10.0. The van der Waals surface area contributed by atoms with Gasteiger partial charge in [0.05, 0.1) is 19.2 Å². The number of methoxy groups -OCH3 is 1. The van der Waals surface area contributed by atoms with Gasteiger partial charge in [-0.05, 0) is 53.8 Å². The molecule has 0 bridgehead atoms. The van der Waals surface area contributed by atoms with Crippen molar-refractivity contribution in [3.63, 3.8) is 0 Å². The van der Waals surface area contributed by atoms with Gasteiger partial charge < -0.3 is 4.74 Å². The molecular formula is C23H34N6O. The number of ether oxygens (including phenoxy) is 1. The quantitative estimate of drug-likeness (QED) is 0.727. The number of benzene rings is 1. The SMILES string of the molecule is COc1ccc([C@@H](c2nnnn2C2CCCC2)N2CCN(C3CCCC3)CC2)cc1. The van der Waals surface area contributed by atoms with Crippen LogP contribution in [0.2, 0.25) is 0 Å². The van der Waals surface area contributed by atoms with E-state index >= 15 is 0 Å². The number of nitrogens with zero attached hydrogens (tertiary/aromatic N) is 6. The summed E-state index contributed by atoms with van der Waals surface area (Å²) in [4.78, 5) is 5.30. The molecule has 0 spiro atoms. The molecule has 2 saturated carbocycles. The van der Waals surface area contributed by atoms with E-state index in [-0.39, 0.29) is 6.04 Å². The van der Waals surface area contributed by atoms with E-state index in [0.717, 1.165) is 43.8 Å². The Morgan fingerprint density at radius 2 is 1.50 bits per heavy atom. The highest BCUT2D eigenvalue weighted by Crippen LogP contribution is 2.35. The Balaban J connectivity index is 1.41. The molecule has 3 aliphatic rings. The van der Waals surface area contributed by atoms with Crippen LogP contribution in [0.3, 0.4) is 0 Å². The topological polar surface area (TPSA) is 59.3 Å². The maximum atomic E-state index is 5.40. The van der Waals surface area contributed by atoms with Crippen LogP contribution in [0.15, 0.2) is 24.3 Å². The van der Waals surface area contributed by atoms with Crippen LogP contribution in [0.1, 0.15) is 74.8 Å². The molecule has 0 N–H and O–H groups in total. The second kappa shape index (κ2) is 9.02. The van der Waals surface area contributed by atoms with Crippen molar-refractivity contribution in [1.82, 2.24) is 30.0 Å². The molecule has 1 aromatic carbocycles. The summed E-state index contributed by atoms with van der Waals surface area (Å²) in [6, 6.07) is 9.81. The molecule has 162 valence electrons. The van der Waals surface area contributed by atoms with Gasteiger partial charge in [0.25, 0.3) is 0 Å². The largest absolute Gasteiger partial charge is 0.497 e. The van der Waals surface area contributed by atoms with Crippen molar-refractivity contribution in [2.75, 3.05) is 33.3 Å². The van der Waals surface area contributed by atoms with Crippen LogP contribution in [0.25, 0.3) is 0 Å². The minimum Gasteiger partial charge on any atom is -0.497 e. The molecule has 1 aliphatic heterocycles. The lowest BCUT2D eigenvalue weighted by molar-refractivity contribution is 0.0764. The predicted octanol–water partition coefficient (Wildman–Crippen LogP) is 3.45. The Bertz CT molecular complexity index is 801. The molecule has 0 amide bonds. The smallest absolute Gasteiger partial charge is 0.173 e. The molecule has 30 heavy (non-hydrogen) atoms. The summed E-state index contributed by atoms with van der Waals surface area (Å²) in [7, 11) is 1.72. The third-order valence-corrected chi connectivity index (χ3v) is 7.42. The molecule has 7 nitrogen and oxygen atoms in total. The highest BCUT2D eigenvalue weighted by molar-refractivity contribution is 5.32. The molecule has 2 aliphatic carbocycles. The van der Waals surface area contributed by atoms with E-state index in [0.29, 0.717) is 6.04 Å². The van der Waals surface area contributed by atoms with E-state index in [1.54, 1.807) is 7.11 Å². The fraction of sp³-hybridized carbons (Fsp3) is 0.696. The second-order valence-electron chi connectivity index (χ2n) is 9.11. The monoisotopic (exact) mass is 410 g/mol. The van der Waals surface area contributed by atoms with Crippen molar-refractivity contribution >= 4 is 0 Å². The highest BCUT2D eigenvalue weighted by Gasteiger charge is 2.34. The van der Waals surface area contributed by atoms with E-state index in [1.807, 2.05) is 0 Å². The molecule has 0 radical (unpaired) electrons. The number of rotatable bonds is 6. The lowest BCUT2D eigenvalue weighted by Gasteiger charge is -2.41. The Labute approximate surface area is 179 Å². The number of piperazine rings is 1. The maximum absolute atomic E-state index is 5.40. The van der Waals surface area contributed by atoms with Gasteiger partial charge in [0.1, 0.15) is 5.75 Å². The minimum atomic E-state index is 0.0947. The van der Waals surface area contributed by atoms with E-state index in [1.165, 1.54) is 56.9 Å². The first-order valence-corrected chi connectivity index (χ1v) is 11.7. The zero-order valence-corrected chi connectivity index (χ0v) is 18.1. The Kier molecular flexibility index (Phi) is 6.00. The summed E-state index contributed by atoms with van der Waals surface area (Å²) in [5, 5.41) is 13.1. The zero-order chi connectivity index (χ0) is 20.3. The summed E-state index contributed by atoms with van der Waals surface area (Å²) in [5.41, 5.74) is 1.25. The van der Waals surface area contributed by atoms with Crippen LogP contribution in [0.4, 0.5) is 0 Å². The normalized spacial score (nSPS) is 23.2.